The van der Waals surface area contributed by atoms with Crippen LogP contribution in [0.4, 0.5) is 11.4 Å². The fourth-order valence-electron chi connectivity index (χ4n) is 2.29. The molecule has 1 aromatic heterocycles. The Morgan fingerprint density at radius 1 is 1.30 bits per heavy atom. The molecule has 1 amide bonds. The second kappa shape index (κ2) is 10.4. The van der Waals surface area contributed by atoms with Crippen LogP contribution in [-0.2, 0) is 0 Å². The third-order valence-corrected chi connectivity index (χ3v) is 3.92. The van der Waals surface area contributed by atoms with Crippen LogP contribution in [0.1, 0.15) is 15.9 Å². The summed E-state index contributed by atoms with van der Waals surface area (Å²) in [7, 11) is 0. The maximum absolute atomic E-state index is 11.9. The highest BCUT2D eigenvalue weighted by molar-refractivity contribution is 6.18. The Bertz CT molecular complexity index is 811. The van der Waals surface area contributed by atoms with Crippen LogP contribution in [0.15, 0.2) is 47.8 Å². The highest BCUT2D eigenvalue weighted by atomic mass is 35.5. The number of amides is 1. The van der Waals surface area contributed by atoms with Crippen molar-refractivity contribution in [2.75, 3.05) is 29.7 Å². The number of nitro groups is 1. The molecule has 142 valence electrons. The van der Waals surface area contributed by atoms with E-state index in [4.69, 9.17) is 23.2 Å². The molecule has 0 aliphatic heterocycles. The first-order valence-electron chi connectivity index (χ1n) is 7.95. The second-order valence-corrected chi connectivity index (χ2v) is 6.06. The molecule has 27 heavy (non-hydrogen) atoms. The maximum Gasteiger partial charge on any atom is 0.280 e. The summed E-state index contributed by atoms with van der Waals surface area (Å²) in [6, 6.07) is 7.91. The number of alkyl halides is 2. The van der Waals surface area contributed by atoms with Crippen molar-refractivity contribution in [2.45, 2.75) is 0 Å². The second-order valence-electron chi connectivity index (χ2n) is 5.31. The summed E-state index contributed by atoms with van der Waals surface area (Å²) in [5, 5.41) is 15.2. The number of nitrogens with one attached hydrogen (secondary N) is 1. The van der Waals surface area contributed by atoms with Gasteiger partial charge in [-0.15, -0.1) is 23.2 Å². The minimum Gasteiger partial charge on any atom is -0.369 e. The molecule has 2 aromatic rings. The zero-order valence-corrected chi connectivity index (χ0v) is 15.7. The van der Waals surface area contributed by atoms with E-state index in [1.165, 1.54) is 18.5 Å². The van der Waals surface area contributed by atoms with Gasteiger partial charge in [0.25, 0.3) is 11.6 Å². The number of hydrazone groups is 1. The number of aromatic nitrogens is 1. The van der Waals surface area contributed by atoms with Crippen LogP contribution < -0.4 is 10.3 Å². The molecular formula is C17H17Cl2N5O3. The number of halogens is 2. The summed E-state index contributed by atoms with van der Waals surface area (Å²) in [5.41, 5.74) is 3.40. The van der Waals surface area contributed by atoms with Crippen molar-refractivity contribution in [1.29, 1.82) is 0 Å². The van der Waals surface area contributed by atoms with Crippen LogP contribution in [0.3, 0.4) is 0 Å². The van der Waals surface area contributed by atoms with Gasteiger partial charge >= 0.3 is 0 Å². The Morgan fingerprint density at radius 3 is 2.63 bits per heavy atom. The highest BCUT2D eigenvalue weighted by Gasteiger charge is 2.16. The predicted octanol–water partition coefficient (Wildman–Crippen LogP) is 3.04. The van der Waals surface area contributed by atoms with Gasteiger partial charge in [-0.25, -0.2) is 5.43 Å². The van der Waals surface area contributed by atoms with E-state index in [9.17, 15) is 14.9 Å². The largest absolute Gasteiger partial charge is 0.369 e. The lowest BCUT2D eigenvalue weighted by atomic mass is 10.1. The Hall–Kier alpha value is -2.71. The zero-order valence-electron chi connectivity index (χ0n) is 14.2. The molecule has 10 heteroatoms. The van der Waals surface area contributed by atoms with E-state index < -0.39 is 10.8 Å². The van der Waals surface area contributed by atoms with Crippen LogP contribution in [0.2, 0.25) is 0 Å². The number of hydrogen-bond acceptors (Lipinski definition) is 6. The van der Waals surface area contributed by atoms with Crippen molar-refractivity contribution in [1.82, 2.24) is 10.4 Å². The van der Waals surface area contributed by atoms with Crippen LogP contribution in [0.25, 0.3) is 0 Å². The minimum absolute atomic E-state index is 0.138. The average molecular weight is 410 g/mol. The standard InChI is InChI=1S/C17H17Cl2N5O3/c18-5-8-23(9-6-19)15-4-3-13(16(10-15)24(26)27)12-21-22-17(25)14-2-1-7-20-11-14/h1-4,7,10-12H,5-6,8-9H2,(H,22,25). The molecule has 0 radical (unpaired) electrons. The first-order chi connectivity index (χ1) is 13.1. The van der Waals surface area contributed by atoms with Crippen molar-refractivity contribution >= 4 is 46.7 Å². The third-order valence-electron chi connectivity index (χ3n) is 3.58. The van der Waals surface area contributed by atoms with Crippen LogP contribution >= 0.6 is 23.2 Å². The van der Waals surface area contributed by atoms with Gasteiger partial charge in [-0.2, -0.15) is 5.10 Å². The molecule has 0 spiro atoms. The van der Waals surface area contributed by atoms with Gasteiger partial charge in [0.05, 0.1) is 22.3 Å². The van der Waals surface area contributed by atoms with Gasteiger partial charge < -0.3 is 4.90 Å². The Balaban J connectivity index is 2.18. The molecule has 1 aromatic carbocycles. The SMILES string of the molecule is O=C(NN=Cc1ccc(N(CCCl)CCCl)cc1[N+](=O)[O-])c1cccnc1. The molecular weight excluding hydrogens is 393 g/mol. The lowest BCUT2D eigenvalue weighted by Gasteiger charge is -2.22. The summed E-state index contributed by atoms with van der Waals surface area (Å²) in [6.45, 7) is 1.03. The molecule has 0 aliphatic rings. The number of nitrogens with zero attached hydrogens (tertiary/aromatic N) is 4. The van der Waals surface area contributed by atoms with Gasteiger partial charge in [0, 0.05) is 49.0 Å². The van der Waals surface area contributed by atoms with E-state index in [0.717, 1.165) is 0 Å². The Labute approximate surface area is 165 Å². The Morgan fingerprint density at radius 2 is 2.04 bits per heavy atom. The van der Waals surface area contributed by atoms with E-state index in [2.05, 4.69) is 15.5 Å². The molecule has 0 saturated heterocycles. The molecule has 0 atom stereocenters. The lowest BCUT2D eigenvalue weighted by Crippen LogP contribution is -2.27. The van der Waals surface area contributed by atoms with Crippen molar-refractivity contribution < 1.29 is 9.72 Å². The molecule has 0 aliphatic carbocycles. The smallest absolute Gasteiger partial charge is 0.280 e. The van der Waals surface area contributed by atoms with E-state index in [-0.39, 0.29) is 11.3 Å². The zero-order chi connectivity index (χ0) is 19.6. The topological polar surface area (TPSA) is 101 Å². The number of benzene rings is 1. The molecule has 0 unspecified atom stereocenters. The first-order valence-corrected chi connectivity index (χ1v) is 9.02. The number of carbonyl (C=O) groups is 1. The van der Waals surface area contributed by atoms with Gasteiger partial charge in [0.15, 0.2) is 0 Å². The van der Waals surface area contributed by atoms with Crippen LogP contribution in [0, 0.1) is 10.1 Å². The summed E-state index contributed by atoms with van der Waals surface area (Å²) >= 11 is 11.6. The fourth-order valence-corrected chi connectivity index (χ4v) is 2.70. The van der Waals surface area contributed by atoms with Gasteiger partial charge in [0.2, 0.25) is 0 Å². The number of hydrogen-bond donors (Lipinski definition) is 1. The summed E-state index contributed by atoms with van der Waals surface area (Å²) in [4.78, 5) is 28.5. The molecule has 0 fully saturated rings. The summed E-state index contributed by atoms with van der Waals surface area (Å²) < 4.78 is 0. The van der Waals surface area contributed by atoms with Gasteiger partial charge in [0.1, 0.15) is 0 Å². The number of nitro benzene ring substituents is 1. The summed E-state index contributed by atoms with van der Waals surface area (Å²) in [6.07, 6.45) is 4.16. The average Bonchev–Trinajstić information content (AvgIpc) is 2.68. The van der Waals surface area contributed by atoms with Crippen LogP contribution in [0.5, 0.6) is 0 Å². The highest BCUT2D eigenvalue weighted by Crippen LogP contribution is 2.25. The molecule has 2 rings (SSSR count). The van der Waals surface area contributed by atoms with E-state index in [0.29, 0.717) is 36.1 Å². The number of carbonyl (C=O) groups excluding carboxylic acids is 1. The minimum atomic E-state index is -0.507. The van der Waals surface area contributed by atoms with Gasteiger partial charge in [-0.3, -0.25) is 19.9 Å². The normalized spacial score (nSPS) is 10.7. The van der Waals surface area contributed by atoms with Crippen molar-refractivity contribution in [2.24, 2.45) is 5.10 Å². The molecule has 1 heterocycles. The van der Waals surface area contributed by atoms with Crippen molar-refractivity contribution in [3.05, 3.63) is 64.0 Å². The Kier molecular flexibility index (Phi) is 7.97. The van der Waals surface area contributed by atoms with Crippen molar-refractivity contribution in [3.8, 4) is 0 Å². The molecule has 8 nitrogen and oxygen atoms in total. The summed E-state index contributed by atoms with van der Waals surface area (Å²) in [5.74, 6) is 0.275. The number of pyridine rings is 1. The molecule has 0 bridgehead atoms. The van der Waals surface area contributed by atoms with E-state index in [1.54, 1.807) is 30.5 Å². The van der Waals surface area contributed by atoms with Gasteiger partial charge in [-0.05, 0) is 24.3 Å². The molecule has 1 N–H and O–H groups in total. The maximum atomic E-state index is 11.9. The third kappa shape index (κ3) is 5.90. The molecule has 0 saturated carbocycles. The van der Waals surface area contributed by atoms with Crippen molar-refractivity contribution in [3.63, 3.8) is 0 Å². The van der Waals surface area contributed by atoms with E-state index in [1.807, 2.05) is 4.90 Å². The first kappa shape index (κ1) is 20.6. The van der Waals surface area contributed by atoms with E-state index >= 15 is 0 Å². The monoisotopic (exact) mass is 409 g/mol. The van der Waals surface area contributed by atoms with Crippen LogP contribution in [-0.4, -0.2) is 46.9 Å². The number of rotatable bonds is 9. The predicted molar refractivity (Wildman–Crippen MR) is 106 cm³/mol. The number of anilines is 1. The fraction of sp³-hybridized carbons (Fsp3) is 0.235. The van der Waals surface area contributed by atoms with Gasteiger partial charge in [-0.1, -0.05) is 0 Å². The quantitative estimate of drug-likeness (QED) is 0.296. The lowest BCUT2D eigenvalue weighted by molar-refractivity contribution is -0.384.